The molecule has 2 N–H and O–H groups in total. The average molecular weight is 282 g/mol. The number of carbonyl (C=O) groups excluding carboxylic acids is 2. The van der Waals surface area contributed by atoms with Gasteiger partial charge in [0.15, 0.2) is 11.6 Å². The van der Waals surface area contributed by atoms with E-state index < -0.39 is 5.60 Å². The summed E-state index contributed by atoms with van der Waals surface area (Å²) in [7, 11) is 0. The van der Waals surface area contributed by atoms with Crippen LogP contribution in [0.15, 0.2) is 36.4 Å². The molecule has 0 saturated carbocycles. The van der Waals surface area contributed by atoms with Crippen molar-refractivity contribution in [1.82, 2.24) is 0 Å². The number of fused-ring (bicyclic) bond motifs is 2. The third-order valence-electron chi connectivity index (χ3n) is 3.69. The fraction of sp³-hybridized carbons (Fsp3) is 0.176. The smallest absolute Gasteiger partial charge is 0.195 e. The van der Waals surface area contributed by atoms with Gasteiger partial charge in [-0.1, -0.05) is 18.2 Å². The van der Waals surface area contributed by atoms with E-state index in [9.17, 15) is 19.8 Å². The van der Waals surface area contributed by atoms with Crippen molar-refractivity contribution in [1.29, 1.82) is 0 Å². The SMILES string of the molecule is CC(C)(O)c1cccc2c1C(=O)c1cc(O)ccc1C2=O. The average Bonchev–Trinajstić information content (AvgIpc) is 2.43. The van der Waals surface area contributed by atoms with Gasteiger partial charge in [-0.25, -0.2) is 0 Å². The number of benzene rings is 2. The molecule has 2 aromatic rings. The van der Waals surface area contributed by atoms with Crippen LogP contribution in [0.5, 0.6) is 5.75 Å². The van der Waals surface area contributed by atoms with E-state index in [2.05, 4.69) is 0 Å². The Hall–Kier alpha value is -2.46. The van der Waals surface area contributed by atoms with E-state index in [1.54, 1.807) is 32.0 Å². The summed E-state index contributed by atoms with van der Waals surface area (Å²) < 4.78 is 0. The summed E-state index contributed by atoms with van der Waals surface area (Å²) in [4.78, 5) is 25.2. The molecule has 0 aromatic heterocycles. The number of ketones is 2. The van der Waals surface area contributed by atoms with E-state index in [1.165, 1.54) is 18.2 Å². The molecular formula is C17H14O4. The van der Waals surface area contributed by atoms with E-state index >= 15 is 0 Å². The van der Waals surface area contributed by atoms with Crippen molar-refractivity contribution >= 4 is 11.6 Å². The van der Waals surface area contributed by atoms with Crippen LogP contribution in [0.4, 0.5) is 0 Å². The molecule has 0 amide bonds. The Morgan fingerprint density at radius 1 is 0.905 bits per heavy atom. The van der Waals surface area contributed by atoms with Crippen molar-refractivity contribution in [2.75, 3.05) is 0 Å². The zero-order valence-electron chi connectivity index (χ0n) is 11.7. The number of rotatable bonds is 1. The lowest BCUT2D eigenvalue weighted by Crippen LogP contribution is -2.27. The molecule has 0 radical (unpaired) electrons. The van der Waals surface area contributed by atoms with Gasteiger partial charge in [0.2, 0.25) is 0 Å². The van der Waals surface area contributed by atoms with Gasteiger partial charge in [-0.15, -0.1) is 0 Å². The van der Waals surface area contributed by atoms with E-state index in [-0.39, 0.29) is 39.6 Å². The Morgan fingerprint density at radius 3 is 2.29 bits per heavy atom. The highest BCUT2D eigenvalue weighted by Crippen LogP contribution is 2.35. The maximum atomic E-state index is 12.7. The normalized spacial score (nSPS) is 13.9. The van der Waals surface area contributed by atoms with Gasteiger partial charge in [0.1, 0.15) is 5.75 Å². The molecule has 4 heteroatoms. The zero-order valence-corrected chi connectivity index (χ0v) is 11.7. The van der Waals surface area contributed by atoms with Crippen LogP contribution >= 0.6 is 0 Å². The lowest BCUT2D eigenvalue weighted by molar-refractivity contribution is 0.0755. The van der Waals surface area contributed by atoms with Crippen molar-refractivity contribution in [3.05, 3.63) is 64.2 Å². The van der Waals surface area contributed by atoms with Crippen molar-refractivity contribution in [3.63, 3.8) is 0 Å². The molecule has 1 aliphatic carbocycles. The minimum atomic E-state index is -1.24. The Balaban J connectivity index is 2.34. The highest BCUT2D eigenvalue weighted by atomic mass is 16.3. The molecule has 2 aromatic carbocycles. The molecular weight excluding hydrogens is 268 g/mol. The number of aromatic hydroxyl groups is 1. The second-order valence-corrected chi connectivity index (χ2v) is 5.68. The van der Waals surface area contributed by atoms with Gasteiger partial charge in [-0.2, -0.15) is 0 Å². The van der Waals surface area contributed by atoms with Crippen LogP contribution in [0, 0.1) is 0 Å². The third-order valence-corrected chi connectivity index (χ3v) is 3.69. The van der Waals surface area contributed by atoms with E-state index in [1.807, 2.05) is 0 Å². The van der Waals surface area contributed by atoms with Crippen LogP contribution in [0.2, 0.25) is 0 Å². The molecule has 0 spiro atoms. The number of aliphatic hydroxyl groups is 1. The van der Waals surface area contributed by atoms with Crippen LogP contribution in [0.25, 0.3) is 0 Å². The van der Waals surface area contributed by atoms with Crippen LogP contribution in [0.3, 0.4) is 0 Å². The topological polar surface area (TPSA) is 74.6 Å². The molecule has 0 atom stereocenters. The predicted octanol–water partition coefficient (Wildman–Crippen LogP) is 2.40. The van der Waals surface area contributed by atoms with Gasteiger partial charge in [0.25, 0.3) is 0 Å². The number of hydrogen-bond donors (Lipinski definition) is 2. The minimum Gasteiger partial charge on any atom is -0.508 e. The standard InChI is InChI=1S/C17H14O4/c1-17(2,21)13-5-3-4-11-14(13)16(20)12-8-9(18)6-7-10(12)15(11)19/h3-8,18,21H,1-2H3. The van der Waals surface area contributed by atoms with E-state index in [4.69, 9.17) is 0 Å². The lowest BCUT2D eigenvalue weighted by Gasteiger charge is -2.26. The molecule has 4 nitrogen and oxygen atoms in total. The molecule has 21 heavy (non-hydrogen) atoms. The molecule has 0 heterocycles. The summed E-state index contributed by atoms with van der Waals surface area (Å²) in [6.07, 6.45) is 0. The Kier molecular flexibility index (Phi) is 2.75. The zero-order chi connectivity index (χ0) is 15.4. The maximum Gasteiger partial charge on any atom is 0.195 e. The molecule has 1 aliphatic rings. The highest BCUT2D eigenvalue weighted by Gasteiger charge is 2.34. The molecule has 106 valence electrons. The fourth-order valence-corrected chi connectivity index (χ4v) is 2.69. The van der Waals surface area contributed by atoms with Gasteiger partial charge in [-0.05, 0) is 37.6 Å². The van der Waals surface area contributed by atoms with Crippen molar-refractivity contribution in [2.45, 2.75) is 19.4 Å². The molecule has 0 saturated heterocycles. The number of hydrogen-bond acceptors (Lipinski definition) is 4. The summed E-state index contributed by atoms with van der Waals surface area (Å²) in [5.41, 5.74) is 0.121. The minimum absolute atomic E-state index is 0.0703. The Labute approximate surface area is 121 Å². The van der Waals surface area contributed by atoms with E-state index in [0.29, 0.717) is 5.56 Å². The Morgan fingerprint density at radius 2 is 1.62 bits per heavy atom. The first-order valence-corrected chi connectivity index (χ1v) is 6.59. The van der Waals surface area contributed by atoms with Gasteiger partial charge in [-0.3, -0.25) is 9.59 Å². The summed E-state index contributed by atoms with van der Waals surface area (Å²) in [6.45, 7) is 3.14. The van der Waals surface area contributed by atoms with Crippen molar-refractivity contribution in [2.24, 2.45) is 0 Å². The lowest BCUT2D eigenvalue weighted by atomic mass is 9.78. The van der Waals surface area contributed by atoms with Crippen LogP contribution in [-0.2, 0) is 5.60 Å². The predicted molar refractivity (Wildman–Crippen MR) is 76.7 cm³/mol. The second kappa shape index (κ2) is 4.27. The van der Waals surface area contributed by atoms with Crippen LogP contribution in [0.1, 0.15) is 51.3 Å². The molecule has 3 rings (SSSR count). The summed E-state index contributed by atoms with van der Waals surface area (Å²) in [6, 6.07) is 9.00. The summed E-state index contributed by atoms with van der Waals surface area (Å²) in [5, 5.41) is 19.8. The van der Waals surface area contributed by atoms with Gasteiger partial charge < -0.3 is 10.2 Å². The summed E-state index contributed by atoms with van der Waals surface area (Å²) >= 11 is 0. The maximum absolute atomic E-state index is 12.7. The first-order valence-electron chi connectivity index (χ1n) is 6.59. The Bertz CT molecular complexity index is 782. The monoisotopic (exact) mass is 282 g/mol. The van der Waals surface area contributed by atoms with Gasteiger partial charge in [0.05, 0.1) is 5.60 Å². The third kappa shape index (κ3) is 1.96. The first-order chi connectivity index (χ1) is 9.80. The van der Waals surface area contributed by atoms with Gasteiger partial charge in [0, 0.05) is 22.3 Å². The molecule has 0 unspecified atom stereocenters. The fourth-order valence-electron chi connectivity index (χ4n) is 2.69. The van der Waals surface area contributed by atoms with Crippen LogP contribution in [-0.4, -0.2) is 21.8 Å². The summed E-state index contributed by atoms with van der Waals surface area (Å²) in [5.74, 6) is -0.696. The number of carbonyl (C=O) groups is 2. The highest BCUT2D eigenvalue weighted by molar-refractivity contribution is 6.29. The van der Waals surface area contributed by atoms with Crippen LogP contribution < -0.4 is 0 Å². The van der Waals surface area contributed by atoms with E-state index in [0.717, 1.165) is 0 Å². The van der Waals surface area contributed by atoms with Crippen molar-refractivity contribution in [3.8, 4) is 5.75 Å². The number of phenols is 1. The first kappa shape index (κ1) is 13.5. The van der Waals surface area contributed by atoms with Gasteiger partial charge >= 0.3 is 0 Å². The molecule has 0 fully saturated rings. The van der Waals surface area contributed by atoms with Crippen molar-refractivity contribution < 1.29 is 19.8 Å². The molecule has 0 bridgehead atoms. The quantitative estimate of drug-likeness (QED) is 0.718. The largest absolute Gasteiger partial charge is 0.508 e. The second-order valence-electron chi connectivity index (χ2n) is 5.68. The number of phenolic OH excluding ortho intramolecular Hbond substituents is 1. The molecule has 0 aliphatic heterocycles.